The predicted octanol–water partition coefficient (Wildman–Crippen LogP) is 1.71. The maximum Gasteiger partial charge on any atom is 0.317 e. The van der Waals surface area contributed by atoms with Crippen LogP contribution in [0.2, 0.25) is 0 Å². The van der Waals surface area contributed by atoms with Crippen molar-refractivity contribution in [2.75, 3.05) is 19.7 Å². The molecule has 122 valence electrons. The third-order valence-electron chi connectivity index (χ3n) is 4.25. The zero-order valence-corrected chi connectivity index (χ0v) is 13.1. The van der Waals surface area contributed by atoms with Crippen LogP contribution in [0.3, 0.4) is 0 Å². The van der Waals surface area contributed by atoms with E-state index in [4.69, 9.17) is 0 Å². The van der Waals surface area contributed by atoms with Crippen LogP contribution < -0.4 is 5.32 Å². The maximum atomic E-state index is 12.3. The molecule has 0 spiro atoms. The summed E-state index contributed by atoms with van der Waals surface area (Å²) in [6.45, 7) is 2.97. The summed E-state index contributed by atoms with van der Waals surface area (Å²) in [4.78, 5) is 14.0. The van der Waals surface area contributed by atoms with Gasteiger partial charge in [0.05, 0.1) is 18.8 Å². The van der Waals surface area contributed by atoms with Crippen molar-refractivity contribution in [2.45, 2.75) is 44.2 Å². The Kier molecular flexibility index (Phi) is 6.21. The van der Waals surface area contributed by atoms with E-state index in [0.717, 1.165) is 18.4 Å². The van der Waals surface area contributed by atoms with Crippen LogP contribution in [0.25, 0.3) is 0 Å². The first-order valence-electron chi connectivity index (χ1n) is 8.00. The predicted molar refractivity (Wildman–Crippen MR) is 85.7 cm³/mol. The van der Waals surface area contributed by atoms with Crippen molar-refractivity contribution >= 4 is 6.03 Å². The fourth-order valence-corrected chi connectivity index (χ4v) is 3.08. The molecule has 5 heteroatoms. The number of likely N-dealkylation sites (tertiary alicyclic amines) is 1. The van der Waals surface area contributed by atoms with Gasteiger partial charge in [-0.1, -0.05) is 30.3 Å². The Bertz CT molecular complexity index is 464. The molecule has 1 aliphatic heterocycles. The highest BCUT2D eigenvalue weighted by atomic mass is 16.3. The fourth-order valence-electron chi connectivity index (χ4n) is 3.08. The lowest BCUT2D eigenvalue weighted by atomic mass is 9.93. The summed E-state index contributed by atoms with van der Waals surface area (Å²) in [5.41, 5.74) is 1.11. The van der Waals surface area contributed by atoms with E-state index < -0.39 is 6.10 Å². The van der Waals surface area contributed by atoms with Crippen LogP contribution in [-0.4, -0.2) is 53.0 Å². The Balaban J connectivity index is 1.95. The van der Waals surface area contributed by atoms with Gasteiger partial charge in [0, 0.05) is 19.0 Å². The summed E-state index contributed by atoms with van der Waals surface area (Å²) in [6, 6.07) is 9.74. The second kappa shape index (κ2) is 8.15. The van der Waals surface area contributed by atoms with Gasteiger partial charge >= 0.3 is 6.03 Å². The Morgan fingerprint density at radius 1 is 1.41 bits per heavy atom. The molecule has 0 saturated carbocycles. The number of urea groups is 1. The van der Waals surface area contributed by atoms with E-state index in [2.05, 4.69) is 5.32 Å². The topological polar surface area (TPSA) is 72.8 Å². The van der Waals surface area contributed by atoms with Crippen molar-refractivity contribution in [1.82, 2.24) is 10.2 Å². The number of amides is 2. The zero-order valence-electron chi connectivity index (χ0n) is 13.1. The first kappa shape index (κ1) is 16.8. The van der Waals surface area contributed by atoms with Crippen molar-refractivity contribution in [2.24, 2.45) is 0 Å². The lowest BCUT2D eigenvalue weighted by Gasteiger charge is -2.25. The molecular weight excluding hydrogens is 280 g/mol. The van der Waals surface area contributed by atoms with Crippen molar-refractivity contribution in [3.63, 3.8) is 0 Å². The second-order valence-corrected chi connectivity index (χ2v) is 6.05. The molecule has 2 rings (SSSR count). The standard InChI is InChI=1S/C17H26N2O3/c1-13(21)10-15(14-6-3-2-4-7-14)11-18-17(22)19-9-5-8-16(19)12-20/h2-4,6-7,13,15-16,20-21H,5,8-12H2,1H3,(H,18,22)/t13-,15-,16-/m1/s1. The number of nitrogens with one attached hydrogen (secondary N) is 1. The van der Waals surface area contributed by atoms with Crippen LogP contribution in [0.1, 0.15) is 37.7 Å². The molecule has 3 N–H and O–H groups in total. The molecule has 22 heavy (non-hydrogen) atoms. The van der Waals surface area contributed by atoms with Crippen LogP contribution >= 0.6 is 0 Å². The second-order valence-electron chi connectivity index (χ2n) is 6.05. The van der Waals surface area contributed by atoms with Gasteiger partial charge < -0.3 is 20.4 Å². The van der Waals surface area contributed by atoms with E-state index in [1.807, 2.05) is 30.3 Å². The minimum atomic E-state index is -0.418. The third-order valence-corrected chi connectivity index (χ3v) is 4.25. The number of hydrogen-bond acceptors (Lipinski definition) is 3. The lowest BCUT2D eigenvalue weighted by Crippen LogP contribution is -2.45. The lowest BCUT2D eigenvalue weighted by molar-refractivity contribution is 0.153. The molecule has 0 radical (unpaired) electrons. The summed E-state index contributed by atoms with van der Waals surface area (Å²) in [6.07, 6.45) is 1.99. The van der Waals surface area contributed by atoms with Gasteiger partial charge in [0.15, 0.2) is 0 Å². The van der Waals surface area contributed by atoms with Gasteiger partial charge in [-0.3, -0.25) is 0 Å². The first-order chi connectivity index (χ1) is 10.6. The summed E-state index contributed by atoms with van der Waals surface area (Å²) < 4.78 is 0. The molecule has 0 unspecified atom stereocenters. The largest absolute Gasteiger partial charge is 0.394 e. The summed E-state index contributed by atoms with van der Waals surface area (Å²) in [5.74, 6) is 0.0836. The highest BCUT2D eigenvalue weighted by Gasteiger charge is 2.28. The Labute approximate surface area is 131 Å². The summed E-state index contributed by atoms with van der Waals surface area (Å²) in [5, 5.41) is 21.9. The van der Waals surface area contributed by atoms with Crippen LogP contribution in [0.15, 0.2) is 30.3 Å². The molecule has 1 aliphatic rings. The molecule has 1 aromatic rings. The molecule has 0 bridgehead atoms. The molecule has 1 heterocycles. The van der Waals surface area contributed by atoms with Crippen LogP contribution in [-0.2, 0) is 0 Å². The number of aliphatic hydroxyl groups excluding tert-OH is 2. The van der Waals surface area contributed by atoms with E-state index in [0.29, 0.717) is 19.5 Å². The molecule has 1 fully saturated rings. The van der Waals surface area contributed by atoms with Gasteiger partial charge in [-0.15, -0.1) is 0 Å². The normalized spacial score (nSPS) is 20.7. The molecule has 3 atom stereocenters. The van der Waals surface area contributed by atoms with E-state index in [1.54, 1.807) is 11.8 Å². The highest BCUT2D eigenvalue weighted by Crippen LogP contribution is 2.21. The van der Waals surface area contributed by atoms with Gasteiger partial charge in [0.1, 0.15) is 0 Å². The van der Waals surface area contributed by atoms with Crippen molar-refractivity contribution < 1.29 is 15.0 Å². The zero-order chi connectivity index (χ0) is 15.9. The maximum absolute atomic E-state index is 12.3. The van der Waals surface area contributed by atoms with Crippen LogP contribution in [0.4, 0.5) is 4.79 Å². The molecular formula is C17H26N2O3. The van der Waals surface area contributed by atoms with Gasteiger partial charge in [-0.25, -0.2) is 4.79 Å². The van der Waals surface area contributed by atoms with E-state index in [-0.39, 0.29) is 24.6 Å². The SMILES string of the molecule is C[C@@H](O)C[C@H](CNC(=O)N1CCC[C@@H]1CO)c1ccccc1. The summed E-state index contributed by atoms with van der Waals surface area (Å²) in [7, 11) is 0. The number of aliphatic hydroxyl groups is 2. The third kappa shape index (κ3) is 4.45. The van der Waals surface area contributed by atoms with E-state index in [1.165, 1.54) is 0 Å². The number of benzene rings is 1. The van der Waals surface area contributed by atoms with Crippen LogP contribution in [0.5, 0.6) is 0 Å². The van der Waals surface area contributed by atoms with Crippen LogP contribution in [0, 0.1) is 0 Å². The minimum Gasteiger partial charge on any atom is -0.394 e. The number of carbonyl (C=O) groups is 1. The number of rotatable bonds is 6. The summed E-state index contributed by atoms with van der Waals surface area (Å²) >= 11 is 0. The molecule has 1 saturated heterocycles. The van der Waals surface area contributed by atoms with Crippen molar-refractivity contribution in [1.29, 1.82) is 0 Å². The molecule has 0 aliphatic carbocycles. The van der Waals surface area contributed by atoms with Gasteiger partial charge in [0.2, 0.25) is 0 Å². The molecule has 2 amide bonds. The van der Waals surface area contributed by atoms with E-state index in [9.17, 15) is 15.0 Å². The van der Waals surface area contributed by atoms with Crippen molar-refractivity contribution in [3.8, 4) is 0 Å². The van der Waals surface area contributed by atoms with Gasteiger partial charge in [0.25, 0.3) is 0 Å². The van der Waals surface area contributed by atoms with Gasteiger partial charge in [-0.2, -0.15) is 0 Å². The molecule has 0 aromatic heterocycles. The Hall–Kier alpha value is -1.59. The Morgan fingerprint density at radius 2 is 2.14 bits per heavy atom. The molecule has 1 aromatic carbocycles. The molecule has 5 nitrogen and oxygen atoms in total. The number of hydrogen-bond donors (Lipinski definition) is 3. The van der Waals surface area contributed by atoms with Crippen molar-refractivity contribution in [3.05, 3.63) is 35.9 Å². The fraction of sp³-hybridized carbons (Fsp3) is 0.588. The van der Waals surface area contributed by atoms with Gasteiger partial charge in [-0.05, 0) is 31.7 Å². The Morgan fingerprint density at radius 3 is 2.77 bits per heavy atom. The average molecular weight is 306 g/mol. The quantitative estimate of drug-likeness (QED) is 0.749. The highest BCUT2D eigenvalue weighted by molar-refractivity contribution is 5.75. The average Bonchev–Trinajstić information content (AvgIpc) is 3.00. The monoisotopic (exact) mass is 306 g/mol. The van der Waals surface area contributed by atoms with E-state index >= 15 is 0 Å². The number of nitrogens with zero attached hydrogens (tertiary/aromatic N) is 1. The number of carbonyl (C=O) groups excluding carboxylic acids is 1. The minimum absolute atomic E-state index is 0.0171. The smallest absolute Gasteiger partial charge is 0.317 e. The first-order valence-corrected chi connectivity index (χ1v) is 8.00.